The number of amides is 1. The standard InChI is InChI=1S/C23H28ClN3O2S.ClH/c1-16-7-10-18(15-21(16)24)22(29)26-23(30)25-19-11-8-17(9-12-19)14-20(28)6-4-5-13-27(2)3;/h7-12,15H,4-6,13-14H2,1-3H3,(H2,25,26,29,30);1H. The van der Waals surface area contributed by atoms with Crippen LogP contribution in [0.25, 0.3) is 0 Å². The van der Waals surface area contributed by atoms with Crippen molar-refractivity contribution in [2.45, 2.75) is 32.6 Å². The summed E-state index contributed by atoms with van der Waals surface area (Å²) in [7, 11) is 4.07. The molecular formula is C23H29Cl2N3O2S. The molecule has 2 rings (SSSR count). The SMILES string of the molecule is Cc1ccc(C(=O)NC(=S)Nc2ccc(CC(=O)CCCCN(C)C)cc2)cc1Cl.Cl. The first-order chi connectivity index (χ1) is 14.2. The third-order valence-electron chi connectivity index (χ3n) is 4.59. The van der Waals surface area contributed by atoms with Crippen molar-refractivity contribution in [3.63, 3.8) is 0 Å². The molecule has 2 aromatic carbocycles. The van der Waals surface area contributed by atoms with Gasteiger partial charge in [-0.1, -0.05) is 29.8 Å². The molecule has 0 radical (unpaired) electrons. The van der Waals surface area contributed by atoms with Crippen LogP contribution in [0.5, 0.6) is 0 Å². The van der Waals surface area contributed by atoms with Gasteiger partial charge in [0.2, 0.25) is 0 Å². The molecule has 0 bridgehead atoms. The molecule has 0 atom stereocenters. The molecule has 0 saturated heterocycles. The predicted molar refractivity (Wildman–Crippen MR) is 135 cm³/mol. The largest absolute Gasteiger partial charge is 0.332 e. The summed E-state index contributed by atoms with van der Waals surface area (Å²) in [6.07, 6.45) is 2.97. The minimum Gasteiger partial charge on any atom is -0.332 e. The summed E-state index contributed by atoms with van der Waals surface area (Å²) < 4.78 is 0. The predicted octanol–water partition coefficient (Wildman–Crippen LogP) is 5.04. The summed E-state index contributed by atoms with van der Waals surface area (Å²) in [5.74, 6) is -0.0834. The number of rotatable bonds is 9. The number of nitrogens with zero attached hydrogens (tertiary/aromatic N) is 1. The first-order valence-corrected chi connectivity index (χ1v) is 10.7. The van der Waals surface area contributed by atoms with Gasteiger partial charge in [0, 0.05) is 29.1 Å². The van der Waals surface area contributed by atoms with Crippen molar-refractivity contribution in [1.82, 2.24) is 10.2 Å². The van der Waals surface area contributed by atoms with Crippen LogP contribution in [0.3, 0.4) is 0 Å². The number of aryl methyl sites for hydroxylation is 1. The van der Waals surface area contributed by atoms with E-state index in [1.54, 1.807) is 18.2 Å². The summed E-state index contributed by atoms with van der Waals surface area (Å²) in [6, 6.07) is 12.6. The molecule has 2 aromatic rings. The molecule has 0 unspecified atom stereocenters. The summed E-state index contributed by atoms with van der Waals surface area (Å²) in [4.78, 5) is 26.5. The number of benzene rings is 2. The Hall–Kier alpha value is -1.99. The van der Waals surface area contributed by atoms with E-state index >= 15 is 0 Å². The molecule has 8 heteroatoms. The lowest BCUT2D eigenvalue weighted by Gasteiger charge is -2.11. The van der Waals surface area contributed by atoms with Gasteiger partial charge >= 0.3 is 0 Å². The van der Waals surface area contributed by atoms with Crippen LogP contribution < -0.4 is 10.6 Å². The second kappa shape index (κ2) is 13.4. The Morgan fingerprint density at radius 1 is 1.06 bits per heavy atom. The van der Waals surface area contributed by atoms with E-state index < -0.39 is 0 Å². The Kier molecular flexibility index (Phi) is 11.7. The van der Waals surface area contributed by atoms with Gasteiger partial charge in [-0.15, -0.1) is 12.4 Å². The van der Waals surface area contributed by atoms with E-state index in [0.29, 0.717) is 23.4 Å². The fourth-order valence-corrected chi connectivity index (χ4v) is 3.24. The maximum absolute atomic E-state index is 12.3. The van der Waals surface area contributed by atoms with Crippen molar-refractivity contribution < 1.29 is 9.59 Å². The molecule has 2 N–H and O–H groups in total. The maximum atomic E-state index is 12.3. The number of hydrogen-bond acceptors (Lipinski definition) is 4. The maximum Gasteiger partial charge on any atom is 0.257 e. The molecule has 0 saturated carbocycles. The first kappa shape index (κ1) is 27.0. The van der Waals surface area contributed by atoms with Crippen LogP contribution >= 0.6 is 36.2 Å². The quantitative estimate of drug-likeness (QED) is 0.387. The summed E-state index contributed by atoms with van der Waals surface area (Å²) in [5, 5.41) is 6.35. The van der Waals surface area contributed by atoms with Gasteiger partial charge in [-0.25, -0.2) is 0 Å². The number of halogens is 2. The smallest absolute Gasteiger partial charge is 0.257 e. The van der Waals surface area contributed by atoms with Crippen molar-refractivity contribution in [1.29, 1.82) is 0 Å². The zero-order valence-electron chi connectivity index (χ0n) is 18.0. The zero-order valence-corrected chi connectivity index (χ0v) is 20.4. The minimum atomic E-state index is -0.328. The Bertz CT molecular complexity index is 902. The molecule has 31 heavy (non-hydrogen) atoms. The summed E-state index contributed by atoms with van der Waals surface area (Å²) >= 11 is 11.3. The second-order valence-corrected chi connectivity index (χ2v) is 8.36. The van der Waals surface area contributed by atoms with Crippen LogP contribution in [-0.2, 0) is 11.2 Å². The average molecular weight is 482 g/mol. The van der Waals surface area contributed by atoms with Crippen LogP contribution in [0.15, 0.2) is 42.5 Å². The Morgan fingerprint density at radius 3 is 2.35 bits per heavy atom. The summed E-state index contributed by atoms with van der Waals surface area (Å²) in [6.45, 7) is 2.87. The van der Waals surface area contributed by atoms with E-state index in [4.69, 9.17) is 23.8 Å². The highest BCUT2D eigenvalue weighted by Gasteiger charge is 2.10. The van der Waals surface area contributed by atoms with Gasteiger partial charge in [0.1, 0.15) is 5.78 Å². The molecule has 0 aliphatic carbocycles. The highest BCUT2D eigenvalue weighted by molar-refractivity contribution is 7.80. The molecule has 0 fully saturated rings. The fourth-order valence-electron chi connectivity index (χ4n) is 2.84. The highest BCUT2D eigenvalue weighted by atomic mass is 35.5. The molecule has 0 aliphatic heterocycles. The van der Waals surface area contributed by atoms with Crippen molar-refractivity contribution >= 4 is 58.7 Å². The van der Waals surface area contributed by atoms with Gasteiger partial charge in [0.05, 0.1) is 0 Å². The molecule has 0 aromatic heterocycles. The van der Waals surface area contributed by atoms with Crippen LogP contribution in [-0.4, -0.2) is 42.3 Å². The van der Waals surface area contributed by atoms with Gasteiger partial charge < -0.3 is 10.2 Å². The number of nitrogens with one attached hydrogen (secondary N) is 2. The first-order valence-electron chi connectivity index (χ1n) is 9.88. The monoisotopic (exact) mass is 481 g/mol. The third kappa shape index (κ3) is 9.78. The molecule has 0 aliphatic rings. The molecule has 0 spiro atoms. The van der Waals surface area contributed by atoms with Gasteiger partial charge in [-0.3, -0.25) is 14.9 Å². The number of unbranched alkanes of at least 4 members (excludes halogenated alkanes) is 1. The van der Waals surface area contributed by atoms with E-state index in [1.165, 1.54) is 0 Å². The van der Waals surface area contributed by atoms with E-state index in [9.17, 15) is 9.59 Å². The number of Topliss-reactive ketones (excluding diaryl/α,β-unsaturated/α-hetero) is 1. The van der Waals surface area contributed by atoms with Crippen LogP contribution in [0.4, 0.5) is 5.69 Å². The lowest BCUT2D eigenvalue weighted by Crippen LogP contribution is -2.34. The van der Waals surface area contributed by atoms with E-state index in [-0.39, 0.29) is 29.2 Å². The number of carbonyl (C=O) groups is 2. The number of anilines is 1. The van der Waals surface area contributed by atoms with Crippen LogP contribution in [0, 0.1) is 6.92 Å². The Morgan fingerprint density at radius 2 is 1.74 bits per heavy atom. The fraction of sp³-hybridized carbons (Fsp3) is 0.348. The normalized spacial score (nSPS) is 10.4. The second-order valence-electron chi connectivity index (χ2n) is 7.54. The average Bonchev–Trinajstić information content (AvgIpc) is 2.68. The van der Waals surface area contributed by atoms with Gasteiger partial charge in [-0.2, -0.15) is 0 Å². The zero-order chi connectivity index (χ0) is 22.1. The molecule has 1 amide bonds. The molecule has 168 valence electrons. The number of carbonyl (C=O) groups excluding carboxylic acids is 2. The highest BCUT2D eigenvalue weighted by Crippen LogP contribution is 2.17. The molecule has 0 heterocycles. The van der Waals surface area contributed by atoms with E-state index in [2.05, 4.69) is 15.5 Å². The van der Waals surface area contributed by atoms with E-state index in [0.717, 1.165) is 36.2 Å². The van der Waals surface area contributed by atoms with E-state index in [1.807, 2.05) is 45.3 Å². The lowest BCUT2D eigenvalue weighted by molar-refractivity contribution is -0.118. The van der Waals surface area contributed by atoms with Crippen molar-refractivity contribution in [3.05, 3.63) is 64.2 Å². The third-order valence-corrected chi connectivity index (χ3v) is 5.20. The Labute approximate surface area is 201 Å². The van der Waals surface area contributed by atoms with Crippen LogP contribution in [0.1, 0.15) is 40.7 Å². The molecular weight excluding hydrogens is 453 g/mol. The van der Waals surface area contributed by atoms with Gasteiger partial charge in [-0.05, 0) is 88.0 Å². The molecule has 5 nitrogen and oxygen atoms in total. The Balaban J connectivity index is 0.00000480. The number of ketones is 1. The van der Waals surface area contributed by atoms with Crippen molar-refractivity contribution in [3.8, 4) is 0 Å². The van der Waals surface area contributed by atoms with Gasteiger partial charge in [0.15, 0.2) is 5.11 Å². The number of thiocarbonyl (C=S) groups is 1. The van der Waals surface area contributed by atoms with Crippen molar-refractivity contribution in [2.75, 3.05) is 26.0 Å². The topological polar surface area (TPSA) is 61.4 Å². The van der Waals surface area contributed by atoms with Gasteiger partial charge in [0.25, 0.3) is 5.91 Å². The summed E-state index contributed by atoms with van der Waals surface area (Å²) in [5.41, 5.74) is 3.04. The van der Waals surface area contributed by atoms with Crippen LogP contribution in [0.2, 0.25) is 5.02 Å². The lowest BCUT2D eigenvalue weighted by atomic mass is 10.0. The van der Waals surface area contributed by atoms with Crippen molar-refractivity contribution in [2.24, 2.45) is 0 Å². The number of hydrogen-bond donors (Lipinski definition) is 2. The minimum absolute atomic E-state index is 0.